The summed E-state index contributed by atoms with van der Waals surface area (Å²) in [6, 6.07) is 14.5. The summed E-state index contributed by atoms with van der Waals surface area (Å²) in [5, 5.41) is 2.89. The number of nitrogens with zero attached hydrogens (tertiary/aromatic N) is 1. The minimum Gasteiger partial charge on any atom is -0.493 e. The largest absolute Gasteiger partial charge is 0.493 e. The average Bonchev–Trinajstić information content (AvgIpc) is 2.75. The highest BCUT2D eigenvalue weighted by atomic mass is 32.2. The van der Waals surface area contributed by atoms with Gasteiger partial charge in [-0.25, -0.2) is 8.42 Å². The van der Waals surface area contributed by atoms with E-state index in [4.69, 9.17) is 9.47 Å². The fourth-order valence-corrected chi connectivity index (χ4v) is 3.39. The van der Waals surface area contributed by atoms with E-state index in [0.29, 0.717) is 24.6 Å². The monoisotopic (exact) mass is 448 g/mol. The van der Waals surface area contributed by atoms with E-state index in [9.17, 15) is 13.2 Å². The minimum absolute atomic E-state index is 0.201. The molecule has 0 saturated heterocycles. The first-order valence-electron chi connectivity index (χ1n) is 10.4. The molecule has 0 spiro atoms. The van der Waals surface area contributed by atoms with Gasteiger partial charge in [0.15, 0.2) is 6.10 Å². The maximum absolute atomic E-state index is 12.3. The number of sulfonamides is 1. The lowest BCUT2D eigenvalue weighted by Gasteiger charge is -2.18. The Morgan fingerprint density at radius 2 is 1.81 bits per heavy atom. The van der Waals surface area contributed by atoms with E-state index in [1.54, 1.807) is 31.2 Å². The number of anilines is 1. The first-order valence-corrected chi connectivity index (χ1v) is 12.3. The van der Waals surface area contributed by atoms with Crippen molar-refractivity contribution in [2.45, 2.75) is 39.2 Å². The fraction of sp³-hybridized carbons (Fsp3) is 0.435. The molecule has 0 aliphatic rings. The van der Waals surface area contributed by atoms with Crippen molar-refractivity contribution in [3.63, 3.8) is 0 Å². The summed E-state index contributed by atoms with van der Waals surface area (Å²) < 4.78 is 35.8. The second-order valence-corrected chi connectivity index (χ2v) is 9.35. The third-order valence-corrected chi connectivity index (χ3v) is 5.94. The molecule has 0 fully saturated rings. The molecule has 31 heavy (non-hydrogen) atoms. The van der Waals surface area contributed by atoms with Crippen molar-refractivity contribution in [2.75, 3.05) is 30.8 Å². The molecule has 2 aromatic rings. The molecule has 0 aromatic heterocycles. The molecule has 1 amide bonds. The summed E-state index contributed by atoms with van der Waals surface area (Å²) in [5.41, 5.74) is 1.66. The van der Waals surface area contributed by atoms with Gasteiger partial charge in [0.1, 0.15) is 11.5 Å². The zero-order valence-corrected chi connectivity index (χ0v) is 19.4. The van der Waals surface area contributed by atoms with Crippen molar-refractivity contribution < 1.29 is 22.7 Å². The quantitative estimate of drug-likeness (QED) is 0.503. The number of hydrogen-bond donors (Lipinski definition) is 1. The van der Waals surface area contributed by atoms with Crippen LogP contribution >= 0.6 is 0 Å². The smallest absolute Gasteiger partial charge is 0.260 e. The molecule has 0 bridgehead atoms. The standard InChI is InChI=1S/C23H32N2O5S/c1-5-17-29-22-11-7-6-9-19(22)10-8-16-24-23(26)18(2)30-21-14-12-20(13-15-21)25(3)31(4,27)28/h6-7,9,11-15,18H,5,8,10,16-17H2,1-4H3,(H,24,26)/t18-/m0/s1. The number of ether oxygens (including phenoxy) is 2. The molecule has 7 nitrogen and oxygen atoms in total. The second-order valence-electron chi connectivity index (χ2n) is 7.34. The summed E-state index contributed by atoms with van der Waals surface area (Å²) in [4.78, 5) is 12.3. The molecular weight excluding hydrogens is 416 g/mol. The molecule has 2 aromatic carbocycles. The summed E-state index contributed by atoms with van der Waals surface area (Å²) in [6.07, 6.45) is 3.03. The predicted molar refractivity (Wildman–Crippen MR) is 123 cm³/mol. The molecule has 1 atom stereocenters. The van der Waals surface area contributed by atoms with Crippen LogP contribution in [0, 0.1) is 0 Å². The highest BCUT2D eigenvalue weighted by Crippen LogP contribution is 2.21. The van der Waals surface area contributed by atoms with Crippen molar-refractivity contribution in [2.24, 2.45) is 0 Å². The summed E-state index contributed by atoms with van der Waals surface area (Å²) in [6.45, 7) is 4.98. The van der Waals surface area contributed by atoms with Crippen molar-refractivity contribution >= 4 is 21.6 Å². The van der Waals surface area contributed by atoms with Gasteiger partial charge in [0.2, 0.25) is 10.0 Å². The minimum atomic E-state index is -3.33. The zero-order valence-electron chi connectivity index (χ0n) is 18.6. The van der Waals surface area contributed by atoms with Gasteiger partial charge < -0.3 is 14.8 Å². The van der Waals surface area contributed by atoms with Crippen LogP contribution in [0.15, 0.2) is 48.5 Å². The van der Waals surface area contributed by atoms with Crippen molar-refractivity contribution in [3.05, 3.63) is 54.1 Å². The summed E-state index contributed by atoms with van der Waals surface area (Å²) >= 11 is 0. The summed E-state index contributed by atoms with van der Waals surface area (Å²) in [7, 11) is -1.84. The zero-order chi connectivity index (χ0) is 22.9. The molecule has 0 heterocycles. The Labute approximate surface area is 185 Å². The number of rotatable bonds is 12. The molecule has 0 aliphatic carbocycles. The molecule has 0 saturated carbocycles. The Morgan fingerprint density at radius 1 is 1.13 bits per heavy atom. The second kappa shape index (κ2) is 11.6. The van der Waals surface area contributed by atoms with Gasteiger partial charge in [-0.1, -0.05) is 25.1 Å². The summed E-state index contributed by atoms with van der Waals surface area (Å²) in [5.74, 6) is 1.19. The maximum atomic E-state index is 12.3. The number of nitrogens with one attached hydrogen (secondary N) is 1. The fourth-order valence-electron chi connectivity index (χ4n) is 2.88. The molecule has 8 heteroatoms. The van der Waals surface area contributed by atoms with Crippen LogP contribution in [-0.4, -0.2) is 46.9 Å². The lowest BCUT2D eigenvalue weighted by atomic mass is 10.1. The van der Waals surface area contributed by atoms with Gasteiger partial charge in [0.25, 0.3) is 5.91 Å². The van der Waals surface area contributed by atoms with Crippen LogP contribution in [0.3, 0.4) is 0 Å². The van der Waals surface area contributed by atoms with E-state index in [1.165, 1.54) is 11.4 Å². The maximum Gasteiger partial charge on any atom is 0.260 e. The van der Waals surface area contributed by atoms with Crippen molar-refractivity contribution in [1.82, 2.24) is 5.32 Å². The number of amides is 1. The van der Waals surface area contributed by atoms with E-state index in [1.807, 2.05) is 24.3 Å². The van der Waals surface area contributed by atoms with Crippen LogP contribution in [-0.2, 0) is 21.2 Å². The van der Waals surface area contributed by atoms with Crippen LogP contribution in [0.25, 0.3) is 0 Å². The van der Waals surface area contributed by atoms with Gasteiger partial charge in [-0.05, 0) is 62.1 Å². The van der Waals surface area contributed by atoms with E-state index < -0.39 is 16.1 Å². The van der Waals surface area contributed by atoms with Gasteiger partial charge in [0, 0.05) is 13.6 Å². The Bertz CT molecular complexity index is 945. The van der Waals surface area contributed by atoms with Crippen LogP contribution < -0.4 is 19.1 Å². The average molecular weight is 449 g/mol. The number of hydrogen-bond acceptors (Lipinski definition) is 5. The first kappa shape index (κ1) is 24.5. The number of para-hydroxylation sites is 1. The third-order valence-electron chi connectivity index (χ3n) is 4.74. The highest BCUT2D eigenvalue weighted by Gasteiger charge is 2.15. The van der Waals surface area contributed by atoms with Gasteiger partial charge in [0.05, 0.1) is 18.6 Å². The normalized spacial score (nSPS) is 12.1. The number of carbonyl (C=O) groups excluding carboxylic acids is 1. The van der Waals surface area contributed by atoms with Crippen LogP contribution in [0.2, 0.25) is 0 Å². The topological polar surface area (TPSA) is 84.9 Å². The SMILES string of the molecule is CCCOc1ccccc1CCCNC(=O)[C@H](C)Oc1ccc(N(C)S(C)(=O)=O)cc1. The Morgan fingerprint density at radius 3 is 2.45 bits per heavy atom. The highest BCUT2D eigenvalue weighted by molar-refractivity contribution is 7.92. The number of benzene rings is 2. The van der Waals surface area contributed by atoms with Gasteiger partial charge in [-0.2, -0.15) is 0 Å². The molecule has 2 rings (SSSR count). The lowest BCUT2D eigenvalue weighted by molar-refractivity contribution is -0.127. The van der Waals surface area contributed by atoms with Crippen molar-refractivity contribution in [3.8, 4) is 11.5 Å². The van der Waals surface area contributed by atoms with E-state index in [-0.39, 0.29) is 5.91 Å². The molecule has 0 radical (unpaired) electrons. The number of carbonyl (C=O) groups is 1. The molecule has 1 N–H and O–H groups in total. The van der Waals surface area contributed by atoms with Gasteiger partial charge >= 0.3 is 0 Å². The Hall–Kier alpha value is -2.74. The van der Waals surface area contributed by atoms with E-state index in [2.05, 4.69) is 12.2 Å². The number of aryl methyl sites for hydroxylation is 1. The van der Waals surface area contributed by atoms with Crippen LogP contribution in [0.4, 0.5) is 5.69 Å². The molecule has 0 unspecified atom stereocenters. The Balaban J connectivity index is 1.79. The molecular formula is C23H32N2O5S. The third kappa shape index (κ3) is 7.79. The van der Waals surface area contributed by atoms with Crippen LogP contribution in [0.5, 0.6) is 11.5 Å². The first-order chi connectivity index (χ1) is 14.7. The van der Waals surface area contributed by atoms with Crippen molar-refractivity contribution in [1.29, 1.82) is 0 Å². The molecule has 0 aliphatic heterocycles. The van der Waals surface area contributed by atoms with Gasteiger partial charge in [-0.3, -0.25) is 9.10 Å². The van der Waals surface area contributed by atoms with E-state index >= 15 is 0 Å². The van der Waals surface area contributed by atoms with Crippen LogP contribution in [0.1, 0.15) is 32.3 Å². The van der Waals surface area contributed by atoms with E-state index in [0.717, 1.165) is 36.8 Å². The molecule has 170 valence electrons. The predicted octanol–water partition coefficient (Wildman–Crippen LogP) is 3.39. The lowest BCUT2D eigenvalue weighted by Crippen LogP contribution is -2.37. The Kier molecular flexibility index (Phi) is 9.18. The van der Waals surface area contributed by atoms with Gasteiger partial charge in [-0.15, -0.1) is 0 Å².